The van der Waals surface area contributed by atoms with Crippen LogP contribution in [0, 0.1) is 15.5 Å². The molecule has 0 spiro atoms. The number of nitro groups is 1. The number of carbonyl (C=O) groups is 1. The van der Waals surface area contributed by atoms with E-state index in [4.69, 9.17) is 0 Å². The van der Waals surface area contributed by atoms with Gasteiger partial charge in [-0.3, -0.25) is 14.9 Å². The smallest absolute Gasteiger partial charge is 0.311 e. The SMILES string of the molecule is CC1(C(=O)O)CCCCC1Nc1cc([N+](=O)[O-])ccn1. The summed E-state index contributed by atoms with van der Waals surface area (Å²) >= 11 is 0. The fourth-order valence-corrected chi connectivity index (χ4v) is 2.61. The Kier molecular flexibility index (Phi) is 3.87. The van der Waals surface area contributed by atoms with Gasteiger partial charge in [-0.25, -0.2) is 4.98 Å². The van der Waals surface area contributed by atoms with E-state index in [0.29, 0.717) is 18.7 Å². The quantitative estimate of drug-likeness (QED) is 0.647. The summed E-state index contributed by atoms with van der Waals surface area (Å²) in [5.74, 6) is -0.501. The summed E-state index contributed by atoms with van der Waals surface area (Å²) < 4.78 is 0. The van der Waals surface area contributed by atoms with E-state index >= 15 is 0 Å². The van der Waals surface area contributed by atoms with Gasteiger partial charge in [0.15, 0.2) is 0 Å². The fourth-order valence-electron chi connectivity index (χ4n) is 2.61. The number of rotatable bonds is 4. The number of aliphatic carboxylic acids is 1. The van der Waals surface area contributed by atoms with E-state index < -0.39 is 16.3 Å². The number of hydrogen-bond acceptors (Lipinski definition) is 5. The van der Waals surface area contributed by atoms with Crippen LogP contribution in [-0.4, -0.2) is 27.0 Å². The van der Waals surface area contributed by atoms with Crippen molar-refractivity contribution in [2.45, 2.75) is 38.6 Å². The van der Waals surface area contributed by atoms with Crippen molar-refractivity contribution in [3.8, 4) is 0 Å². The molecule has 7 nitrogen and oxygen atoms in total. The number of hydrogen-bond donors (Lipinski definition) is 2. The van der Waals surface area contributed by atoms with Crippen LogP contribution in [0.1, 0.15) is 32.6 Å². The molecular weight excluding hydrogens is 262 g/mol. The molecule has 1 aliphatic carbocycles. The Morgan fingerprint density at radius 1 is 1.60 bits per heavy atom. The fraction of sp³-hybridized carbons (Fsp3) is 0.538. The molecule has 2 N–H and O–H groups in total. The molecule has 1 fully saturated rings. The molecule has 7 heteroatoms. The molecule has 1 aromatic rings. The summed E-state index contributed by atoms with van der Waals surface area (Å²) in [5, 5.41) is 23.2. The van der Waals surface area contributed by atoms with Crippen molar-refractivity contribution in [2.24, 2.45) is 5.41 Å². The molecule has 0 saturated heterocycles. The van der Waals surface area contributed by atoms with Crippen LogP contribution in [-0.2, 0) is 4.79 Å². The maximum absolute atomic E-state index is 11.5. The number of aromatic nitrogens is 1. The predicted octanol–water partition coefficient (Wildman–Crippen LogP) is 2.44. The highest BCUT2D eigenvalue weighted by Crippen LogP contribution is 2.38. The summed E-state index contributed by atoms with van der Waals surface area (Å²) in [7, 11) is 0. The molecule has 2 rings (SSSR count). The average molecular weight is 279 g/mol. The standard InChI is InChI=1S/C13H17N3O4/c1-13(12(17)18)6-3-2-4-10(13)15-11-8-9(16(19)20)5-7-14-11/h5,7-8,10H,2-4,6H2,1H3,(H,14,15)(H,17,18). The number of nitrogens with one attached hydrogen (secondary N) is 1. The van der Waals surface area contributed by atoms with Crippen molar-refractivity contribution in [1.82, 2.24) is 4.98 Å². The topological polar surface area (TPSA) is 105 Å². The summed E-state index contributed by atoms with van der Waals surface area (Å²) in [6, 6.07) is 2.36. The molecule has 0 bridgehead atoms. The van der Waals surface area contributed by atoms with E-state index in [1.54, 1.807) is 6.92 Å². The summed E-state index contributed by atoms with van der Waals surface area (Å²) in [6.07, 6.45) is 4.47. The van der Waals surface area contributed by atoms with E-state index in [1.807, 2.05) is 0 Å². The van der Waals surface area contributed by atoms with Crippen LogP contribution in [0.2, 0.25) is 0 Å². The van der Waals surface area contributed by atoms with Crippen molar-refractivity contribution in [3.63, 3.8) is 0 Å². The van der Waals surface area contributed by atoms with Gasteiger partial charge in [-0.2, -0.15) is 0 Å². The Balaban J connectivity index is 2.21. The highest BCUT2D eigenvalue weighted by atomic mass is 16.6. The van der Waals surface area contributed by atoms with E-state index in [2.05, 4.69) is 10.3 Å². The van der Waals surface area contributed by atoms with Gasteiger partial charge in [0.25, 0.3) is 5.69 Å². The van der Waals surface area contributed by atoms with E-state index in [-0.39, 0.29) is 11.7 Å². The minimum Gasteiger partial charge on any atom is -0.481 e. The van der Waals surface area contributed by atoms with E-state index in [0.717, 1.165) is 12.8 Å². The van der Waals surface area contributed by atoms with Crippen LogP contribution in [0.25, 0.3) is 0 Å². The first kappa shape index (κ1) is 14.2. The van der Waals surface area contributed by atoms with Crippen LogP contribution in [0.3, 0.4) is 0 Å². The van der Waals surface area contributed by atoms with Crippen molar-refractivity contribution in [2.75, 3.05) is 5.32 Å². The first-order valence-electron chi connectivity index (χ1n) is 6.54. The third kappa shape index (κ3) is 2.71. The van der Waals surface area contributed by atoms with Crippen LogP contribution in [0.4, 0.5) is 11.5 Å². The monoisotopic (exact) mass is 279 g/mol. The lowest BCUT2D eigenvalue weighted by Crippen LogP contribution is -2.46. The Hall–Kier alpha value is -2.18. The Labute approximate surface area is 116 Å². The summed E-state index contributed by atoms with van der Waals surface area (Å²) in [5.41, 5.74) is -0.930. The largest absolute Gasteiger partial charge is 0.481 e. The Morgan fingerprint density at radius 2 is 2.35 bits per heavy atom. The van der Waals surface area contributed by atoms with Crippen LogP contribution < -0.4 is 5.32 Å². The minimum absolute atomic E-state index is 0.0599. The average Bonchev–Trinajstić information content (AvgIpc) is 2.41. The van der Waals surface area contributed by atoms with Gasteiger partial charge in [0.2, 0.25) is 0 Å². The summed E-state index contributed by atoms with van der Waals surface area (Å²) in [6.45, 7) is 1.71. The highest BCUT2D eigenvalue weighted by Gasteiger charge is 2.43. The number of nitrogens with zero attached hydrogens (tertiary/aromatic N) is 2. The van der Waals surface area contributed by atoms with Gasteiger partial charge >= 0.3 is 5.97 Å². The van der Waals surface area contributed by atoms with E-state index in [1.165, 1.54) is 18.3 Å². The second kappa shape index (κ2) is 5.44. The van der Waals surface area contributed by atoms with Crippen molar-refractivity contribution in [3.05, 3.63) is 28.4 Å². The minimum atomic E-state index is -0.870. The van der Waals surface area contributed by atoms with Crippen molar-refractivity contribution in [1.29, 1.82) is 0 Å². The zero-order valence-corrected chi connectivity index (χ0v) is 11.2. The molecule has 1 aliphatic rings. The maximum atomic E-state index is 11.5. The lowest BCUT2D eigenvalue weighted by atomic mass is 9.71. The molecule has 1 saturated carbocycles. The molecule has 0 radical (unpaired) electrons. The van der Waals surface area contributed by atoms with E-state index in [9.17, 15) is 20.0 Å². The van der Waals surface area contributed by atoms with Gasteiger partial charge in [-0.05, 0) is 19.8 Å². The van der Waals surface area contributed by atoms with Gasteiger partial charge < -0.3 is 10.4 Å². The number of carboxylic acid groups (broad SMARTS) is 1. The van der Waals surface area contributed by atoms with Gasteiger partial charge in [0.1, 0.15) is 5.82 Å². The predicted molar refractivity (Wildman–Crippen MR) is 72.5 cm³/mol. The van der Waals surface area contributed by atoms with Crippen LogP contribution in [0.15, 0.2) is 18.3 Å². The molecule has 0 aliphatic heterocycles. The van der Waals surface area contributed by atoms with Crippen LogP contribution >= 0.6 is 0 Å². The molecule has 20 heavy (non-hydrogen) atoms. The van der Waals surface area contributed by atoms with Crippen molar-refractivity contribution < 1.29 is 14.8 Å². The molecule has 2 unspecified atom stereocenters. The molecule has 108 valence electrons. The first-order chi connectivity index (χ1) is 9.43. The maximum Gasteiger partial charge on any atom is 0.311 e. The zero-order valence-electron chi connectivity index (χ0n) is 11.2. The number of pyridine rings is 1. The molecular formula is C13H17N3O4. The van der Waals surface area contributed by atoms with Crippen molar-refractivity contribution >= 4 is 17.5 Å². The number of anilines is 1. The lowest BCUT2D eigenvalue weighted by Gasteiger charge is -2.38. The normalized spacial score (nSPS) is 25.9. The number of carboxylic acids is 1. The first-order valence-corrected chi connectivity index (χ1v) is 6.54. The molecule has 1 aromatic heterocycles. The molecule has 1 heterocycles. The van der Waals surface area contributed by atoms with Gasteiger partial charge in [-0.1, -0.05) is 12.8 Å². The van der Waals surface area contributed by atoms with Gasteiger partial charge in [0.05, 0.1) is 16.4 Å². The van der Waals surface area contributed by atoms with Crippen LogP contribution in [0.5, 0.6) is 0 Å². The second-order valence-corrected chi connectivity index (χ2v) is 5.32. The highest BCUT2D eigenvalue weighted by molar-refractivity contribution is 5.76. The Bertz CT molecular complexity index is 534. The molecule has 2 atom stereocenters. The molecule has 0 aromatic carbocycles. The molecule has 0 amide bonds. The summed E-state index contributed by atoms with van der Waals surface area (Å²) in [4.78, 5) is 25.8. The zero-order chi connectivity index (χ0) is 14.8. The lowest BCUT2D eigenvalue weighted by molar-refractivity contribution is -0.384. The van der Waals surface area contributed by atoms with Gasteiger partial charge in [0, 0.05) is 18.3 Å². The third-order valence-corrected chi connectivity index (χ3v) is 3.97. The second-order valence-electron chi connectivity index (χ2n) is 5.32. The van der Waals surface area contributed by atoms with Gasteiger partial charge in [-0.15, -0.1) is 0 Å². The third-order valence-electron chi connectivity index (χ3n) is 3.97. The Morgan fingerprint density at radius 3 is 3.00 bits per heavy atom.